The number of aryl methyl sites for hydroxylation is 2. The Balaban J connectivity index is 1.86. The van der Waals surface area contributed by atoms with Crippen molar-refractivity contribution in [1.82, 2.24) is 14.5 Å². The lowest BCUT2D eigenvalue weighted by atomic mass is 10.1. The fourth-order valence-electron chi connectivity index (χ4n) is 2.21. The molecule has 2 aromatic heterocycles. The topological polar surface area (TPSA) is 63.0 Å². The first kappa shape index (κ1) is 12.5. The van der Waals surface area contributed by atoms with Crippen molar-refractivity contribution in [2.75, 3.05) is 12.4 Å². The number of benzene rings is 1. The van der Waals surface area contributed by atoms with Gasteiger partial charge in [-0.2, -0.15) is 0 Å². The predicted octanol–water partition coefficient (Wildman–Crippen LogP) is 2.42. The number of aromatic nitrogens is 3. The van der Waals surface area contributed by atoms with Crippen molar-refractivity contribution >= 4 is 16.9 Å². The molecular formula is C15H16N4O. The van der Waals surface area contributed by atoms with Gasteiger partial charge in [0.1, 0.15) is 0 Å². The van der Waals surface area contributed by atoms with E-state index in [1.165, 1.54) is 5.56 Å². The minimum Gasteiger partial charge on any atom is -0.494 e. The van der Waals surface area contributed by atoms with Crippen LogP contribution in [-0.2, 0) is 13.0 Å². The number of anilines is 1. The molecule has 0 aliphatic heterocycles. The second kappa shape index (κ2) is 5.21. The van der Waals surface area contributed by atoms with Gasteiger partial charge in [-0.3, -0.25) is 0 Å². The van der Waals surface area contributed by atoms with Crippen molar-refractivity contribution in [3.63, 3.8) is 0 Å². The van der Waals surface area contributed by atoms with Crippen LogP contribution in [-0.4, -0.2) is 26.7 Å². The van der Waals surface area contributed by atoms with Crippen molar-refractivity contribution in [2.45, 2.75) is 13.0 Å². The van der Waals surface area contributed by atoms with Crippen molar-refractivity contribution in [3.05, 3.63) is 48.3 Å². The van der Waals surface area contributed by atoms with E-state index >= 15 is 0 Å². The lowest BCUT2D eigenvalue weighted by Crippen LogP contribution is -1.98. The van der Waals surface area contributed by atoms with Crippen LogP contribution in [0.2, 0.25) is 0 Å². The number of hydrogen-bond acceptors (Lipinski definition) is 4. The largest absolute Gasteiger partial charge is 0.494 e. The standard InChI is InChI=1S/C15H16N4O/c1-16-15-17-9-12-13(18-15)10-19(14(12)20)8-7-11-5-3-2-4-6-11/h2-6,9-10,20H,7-8H2,1H3,(H,16,18). The number of fused-ring (bicyclic) bond motifs is 1. The number of rotatable bonds is 4. The molecule has 5 nitrogen and oxygen atoms in total. The maximum Gasteiger partial charge on any atom is 0.223 e. The van der Waals surface area contributed by atoms with Gasteiger partial charge in [0.25, 0.3) is 0 Å². The zero-order valence-electron chi connectivity index (χ0n) is 11.2. The minimum absolute atomic E-state index is 0.221. The van der Waals surface area contributed by atoms with E-state index in [9.17, 15) is 5.11 Å². The summed E-state index contributed by atoms with van der Waals surface area (Å²) in [6.45, 7) is 0.709. The molecule has 0 saturated heterocycles. The fourth-order valence-corrected chi connectivity index (χ4v) is 2.21. The van der Waals surface area contributed by atoms with Crippen LogP contribution in [0.15, 0.2) is 42.7 Å². The molecule has 0 radical (unpaired) electrons. The molecule has 0 aliphatic carbocycles. The van der Waals surface area contributed by atoms with E-state index < -0.39 is 0 Å². The quantitative estimate of drug-likeness (QED) is 0.762. The van der Waals surface area contributed by atoms with Crippen molar-refractivity contribution in [2.24, 2.45) is 0 Å². The van der Waals surface area contributed by atoms with E-state index in [4.69, 9.17) is 0 Å². The molecule has 0 spiro atoms. The summed E-state index contributed by atoms with van der Waals surface area (Å²) >= 11 is 0. The lowest BCUT2D eigenvalue weighted by Gasteiger charge is -2.04. The lowest BCUT2D eigenvalue weighted by molar-refractivity contribution is 0.422. The van der Waals surface area contributed by atoms with Crippen LogP contribution in [0.3, 0.4) is 0 Å². The van der Waals surface area contributed by atoms with Crippen molar-refractivity contribution in [3.8, 4) is 5.88 Å². The van der Waals surface area contributed by atoms with Gasteiger partial charge in [-0.25, -0.2) is 9.97 Å². The summed E-state index contributed by atoms with van der Waals surface area (Å²) in [6, 6.07) is 10.2. The van der Waals surface area contributed by atoms with Gasteiger partial charge in [0.05, 0.1) is 10.9 Å². The summed E-state index contributed by atoms with van der Waals surface area (Å²) in [5.41, 5.74) is 1.99. The number of aromatic hydroxyl groups is 1. The zero-order chi connectivity index (χ0) is 13.9. The predicted molar refractivity (Wildman–Crippen MR) is 78.9 cm³/mol. The van der Waals surface area contributed by atoms with Crippen LogP contribution in [0, 0.1) is 0 Å². The fraction of sp³-hybridized carbons (Fsp3) is 0.200. The Hall–Kier alpha value is -2.56. The molecule has 2 N–H and O–H groups in total. The van der Waals surface area contributed by atoms with Gasteiger partial charge in [0.2, 0.25) is 11.8 Å². The molecule has 0 amide bonds. The van der Waals surface area contributed by atoms with E-state index in [0.717, 1.165) is 11.9 Å². The second-order valence-corrected chi connectivity index (χ2v) is 4.62. The van der Waals surface area contributed by atoms with Gasteiger partial charge in [-0.15, -0.1) is 0 Å². The Morgan fingerprint density at radius 2 is 2.05 bits per heavy atom. The van der Waals surface area contributed by atoms with Crippen LogP contribution in [0.25, 0.3) is 10.9 Å². The maximum absolute atomic E-state index is 10.2. The highest BCUT2D eigenvalue weighted by Gasteiger charge is 2.10. The average molecular weight is 268 g/mol. The molecule has 0 saturated carbocycles. The molecule has 0 bridgehead atoms. The van der Waals surface area contributed by atoms with Crippen LogP contribution < -0.4 is 5.32 Å². The second-order valence-electron chi connectivity index (χ2n) is 4.62. The number of nitrogens with zero attached hydrogens (tertiary/aromatic N) is 3. The van der Waals surface area contributed by atoms with E-state index in [1.54, 1.807) is 13.2 Å². The van der Waals surface area contributed by atoms with Gasteiger partial charge in [0.15, 0.2) is 0 Å². The van der Waals surface area contributed by atoms with Gasteiger partial charge in [0, 0.05) is 26.0 Å². The number of hydrogen-bond donors (Lipinski definition) is 2. The van der Waals surface area contributed by atoms with E-state index in [2.05, 4.69) is 27.4 Å². The van der Waals surface area contributed by atoms with Gasteiger partial charge >= 0.3 is 0 Å². The molecule has 2 heterocycles. The molecule has 0 fully saturated rings. The first-order chi connectivity index (χ1) is 9.78. The Morgan fingerprint density at radius 1 is 1.25 bits per heavy atom. The third-order valence-electron chi connectivity index (χ3n) is 3.32. The van der Waals surface area contributed by atoms with E-state index in [0.29, 0.717) is 17.9 Å². The smallest absolute Gasteiger partial charge is 0.223 e. The van der Waals surface area contributed by atoms with Crippen LogP contribution in [0.1, 0.15) is 5.56 Å². The van der Waals surface area contributed by atoms with Gasteiger partial charge < -0.3 is 15.0 Å². The molecule has 0 unspecified atom stereocenters. The molecule has 0 aliphatic rings. The highest BCUT2D eigenvalue weighted by atomic mass is 16.3. The maximum atomic E-state index is 10.2. The Bertz CT molecular complexity index is 721. The zero-order valence-corrected chi connectivity index (χ0v) is 11.2. The minimum atomic E-state index is 0.221. The monoisotopic (exact) mass is 268 g/mol. The van der Waals surface area contributed by atoms with Crippen molar-refractivity contribution in [1.29, 1.82) is 0 Å². The molecule has 0 atom stereocenters. The summed E-state index contributed by atoms with van der Waals surface area (Å²) in [7, 11) is 1.77. The highest BCUT2D eigenvalue weighted by Crippen LogP contribution is 2.26. The molecule has 102 valence electrons. The summed E-state index contributed by atoms with van der Waals surface area (Å²) in [4.78, 5) is 8.45. The molecule has 5 heteroatoms. The molecular weight excluding hydrogens is 252 g/mol. The van der Waals surface area contributed by atoms with Crippen LogP contribution >= 0.6 is 0 Å². The SMILES string of the molecule is CNc1ncc2c(O)n(CCc3ccccc3)cc2n1. The van der Waals surface area contributed by atoms with Gasteiger partial charge in [-0.1, -0.05) is 30.3 Å². The Labute approximate surface area is 116 Å². The van der Waals surface area contributed by atoms with E-state index in [-0.39, 0.29) is 5.88 Å². The normalized spacial score (nSPS) is 10.8. The summed E-state index contributed by atoms with van der Waals surface area (Å²) in [5.74, 6) is 0.774. The first-order valence-electron chi connectivity index (χ1n) is 6.54. The number of nitrogens with one attached hydrogen (secondary N) is 1. The molecule has 3 aromatic rings. The summed E-state index contributed by atoms with van der Waals surface area (Å²) in [6.07, 6.45) is 4.36. The highest BCUT2D eigenvalue weighted by molar-refractivity contribution is 5.84. The van der Waals surface area contributed by atoms with Crippen LogP contribution in [0.5, 0.6) is 5.88 Å². The van der Waals surface area contributed by atoms with Crippen molar-refractivity contribution < 1.29 is 5.11 Å². The van der Waals surface area contributed by atoms with Crippen LogP contribution in [0.4, 0.5) is 5.95 Å². The average Bonchev–Trinajstić information content (AvgIpc) is 2.82. The van der Waals surface area contributed by atoms with E-state index in [1.807, 2.05) is 29.0 Å². The molecule has 20 heavy (non-hydrogen) atoms. The Kier molecular flexibility index (Phi) is 3.25. The first-order valence-corrected chi connectivity index (χ1v) is 6.54. The Morgan fingerprint density at radius 3 is 2.80 bits per heavy atom. The van der Waals surface area contributed by atoms with Gasteiger partial charge in [-0.05, 0) is 12.0 Å². The molecule has 1 aromatic carbocycles. The summed E-state index contributed by atoms with van der Waals surface area (Å²) in [5, 5.41) is 13.8. The molecule has 3 rings (SSSR count). The summed E-state index contributed by atoms with van der Waals surface area (Å²) < 4.78 is 1.81. The third kappa shape index (κ3) is 2.30. The third-order valence-corrected chi connectivity index (χ3v) is 3.32.